The van der Waals surface area contributed by atoms with Crippen LogP contribution < -0.4 is 20.1 Å². The maximum absolute atomic E-state index is 12.0. The summed E-state index contributed by atoms with van der Waals surface area (Å²) < 4.78 is 10.3. The Morgan fingerprint density at radius 3 is 2.74 bits per heavy atom. The summed E-state index contributed by atoms with van der Waals surface area (Å²) in [4.78, 5) is 12.0. The van der Waals surface area contributed by atoms with Crippen molar-refractivity contribution in [1.29, 1.82) is 0 Å². The molecule has 1 aromatic rings. The highest BCUT2D eigenvalue weighted by atomic mass is 35.5. The molecule has 1 aromatic carbocycles. The van der Waals surface area contributed by atoms with Gasteiger partial charge in [-0.3, -0.25) is 10.1 Å². The minimum absolute atomic E-state index is 0.0930. The largest absolute Gasteiger partial charge is 0.495 e. The topological polar surface area (TPSA) is 59.6 Å². The second-order valence-electron chi connectivity index (χ2n) is 3.95. The molecule has 1 aliphatic rings. The molecule has 1 fully saturated rings. The zero-order valence-electron chi connectivity index (χ0n) is 10.7. The van der Waals surface area contributed by atoms with E-state index in [1.165, 1.54) is 14.2 Å². The normalized spacial score (nSPS) is 18.2. The van der Waals surface area contributed by atoms with Crippen molar-refractivity contribution in [2.75, 3.05) is 31.2 Å². The van der Waals surface area contributed by atoms with Gasteiger partial charge in [-0.05, 0) is 6.07 Å². The Morgan fingerprint density at radius 2 is 2.16 bits per heavy atom. The van der Waals surface area contributed by atoms with Crippen molar-refractivity contribution < 1.29 is 14.3 Å². The van der Waals surface area contributed by atoms with Crippen LogP contribution in [0.15, 0.2) is 12.1 Å². The van der Waals surface area contributed by atoms with Gasteiger partial charge in [0, 0.05) is 17.7 Å². The number of carbonyl (C=O) groups is 1. The van der Waals surface area contributed by atoms with Gasteiger partial charge in [0.15, 0.2) is 0 Å². The average molecular weight is 303 g/mol. The number of benzene rings is 1. The fourth-order valence-corrected chi connectivity index (χ4v) is 2.92. The molecular formula is C12H15ClN2O3S. The number of nitrogens with one attached hydrogen (secondary N) is 2. The number of halogens is 1. The third-order valence-corrected chi connectivity index (χ3v) is 4.00. The predicted molar refractivity (Wildman–Crippen MR) is 77.4 cm³/mol. The smallest absolute Gasteiger partial charge is 0.242 e. The van der Waals surface area contributed by atoms with E-state index in [0.717, 1.165) is 11.6 Å². The highest BCUT2D eigenvalue weighted by Crippen LogP contribution is 2.36. The number of methoxy groups -OCH3 is 2. The summed E-state index contributed by atoms with van der Waals surface area (Å²) in [6.07, 6.45) is 0. The summed E-state index contributed by atoms with van der Waals surface area (Å²) in [5, 5.41) is 6.34. The van der Waals surface area contributed by atoms with Gasteiger partial charge in [0.1, 0.15) is 11.5 Å². The second-order valence-corrected chi connectivity index (χ2v) is 5.39. The fourth-order valence-electron chi connectivity index (χ4n) is 1.74. The first-order chi connectivity index (χ1) is 9.15. The van der Waals surface area contributed by atoms with Gasteiger partial charge in [-0.1, -0.05) is 11.6 Å². The van der Waals surface area contributed by atoms with E-state index in [1.54, 1.807) is 23.9 Å². The van der Waals surface area contributed by atoms with E-state index in [-0.39, 0.29) is 11.9 Å². The highest BCUT2D eigenvalue weighted by molar-refractivity contribution is 7.99. The fraction of sp³-hybridized carbons (Fsp3) is 0.417. The van der Waals surface area contributed by atoms with Crippen LogP contribution in [0.5, 0.6) is 11.5 Å². The van der Waals surface area contributed by atoms with Crippen molar-refractivity contribution in [3.63, 3.8) is 0 Å². The Labute approximate surface area is 121 Å². The van der Waals surface area contributed by atoms with Gasteiger partial charge >= 0.3 is 0 Å². The van der Waals surface area contributed by atoms with Crippen LogP contribution in [0.4, 0.5) is 5.69 Å². The van der Waals surface area contributed by atoms with E-state index >= 15 is 0 Å². The van der Waals surface area contributed by atoms with E-state index in [1.807, 2.05) is 0 Å². The van der Waals surface area contributed by atoms with Crippen LogP contribution in [-0.2, 0) is 4.79 Å². The van der Waals surface area contributed by atoms with Crippen LogP contribution >= 0.6 is 23.4 Å². The SMILES string of the molecule is COc1cc(OC)c(NC(=O)C2CSCN2)cc1Cl. The standard InChI is InChI=1S/C12H15ClN2O3S/c1-17-10-4-11(18-2)8(3-7(10)13)15-12(16)9-5-19-6-14-9/h3-4,9,14H,5-6H2,1-2H3,(H,15,16). The van der Waals surface area contributed by atoms with Gasteiger partial charge in [-0.25, -0.2) is 0 Å². The molecule has 19 heavy (non-hydrogen) atoms. The first-order valence-electron chi connectivity index (χ1n) is 5.69. The number of rotatable bonds is 4. The summed E-state index contributed by atoms with van der Waals surface area (Å²) >= 11 is 7.74. The van der Waals surface area contributed by atoms with Gasteiger partial charge in [-0.2, -0.15) is 0 Å². The van der Waals surface area contributed by atoms with Gasteiger partial charge in [0.2, 0.25) is 5.91 Å². The van der Waals surface area contributed by atoms with E-state index in [2.05, 4.69) is 10.6 Å². The molecule has 1 unspecified atom stereocenters. The molecule has 1 heterocycles. The minimum atomic E-state index is -0.185. The van der Waals surface area contributed by atoms with Crippen LogP contribution in [0.1, 0.15) is 0 Å². The van der Waals surface area contributed by atoms with Gasteiger partial charge in [-0.15, -0.1) is 11.8 Å². The highest BCUT2D eigenvalue weighted by Gasteiger charge is 2.23. The summed E-state index contributed by atoms with van der Waals surface area (Å²) in [5.74, 6) is 2.48. The lowest BCUT2D eigenvalue weighted by Gasteiger charge is -2.15. The molecule has 2 N–H and O–H groups in total. The van der Waals surface area contributed by atoms with Crippen LogP contribution in [0, 0.1) is 0 Å². The molecule has 0 spiro atoms. The summed E-state index contributed by atoms with van der Waals surface area (Å²) in [5.41, 5.74) is 0.539. The Bertz CT molecular complexity index is 478. The molecule has 1 saturated heterocycles. The first-order valence-corrected chi connectivity index (χ1v) is 7.22. The molecule has 0 radical (unpaired) electrons. The molecule has 5 nitrogen and oxygen atoms in total. The van der Waals surface area contributed by atoms with E-state index in [9.17, 15) is 4.79 Å². The lowest BCUT2D eigenvalue weighted by Crippen LogP contribution is -2.37. The zero-order chi connectivity index (χ0) is 13.8. The van der Waals surface area contributed by atoms with Crippen LogP contribution in [-0.4, -0.2) is 37.8 Å². The number of amides is 1. The molecule has 1 amide bonds. The summed E-state index contributed by atoms with van der Waals surface area (Å²) in [7, 11) is 3.06. The molecule has 2 rings (SSSR count). The van der Waals surface area contributed by atoms with Gasteiger partial charge in [0.05, 0.1) is 31.0 Å². The van der Waals surface area contributed by atoms with Gasteiger partial charge in [0.25, 0.3) is 0 Å². The molecule has 1 aliphatic heterocycles. The van der Waals surface area contributed by atoms with Crippen LogP contribution in [0.2, 0.25) is 5.02 Å². The van der Waals surface area contributed by atoms with Crippen molar-refractivity contribution in [2.24, 2.45) is 0 Å². The third kappa shape index (κ3) is 3.26. The molecule has 1 atom stereocenters. The number of anilines is 1. The number of hydrogen-bond donors (Lipinski definition) is 2. The Hall–Kier alpha value is -1.11. The van der Waals surface area contributed by atoms with E-state index in [4.69, 9.17) is 21.1 Å². The van der Waals surface area contributed by atoms with Crippen molar-refractivity contribution in [3.05, 3.63) is 17.2 Å². The molecule has 7 heteroatoms. The quantitative estimate of drug-likeness (QED) is 0.890. The number of hydrogen-bond acceptors (Lipinski definition) is 5. The van der Waals surface area contributed by atoms with Gasteiger partial charge < -0.3 is 14.8 Å². The van der Waals surface area contributed by atoms with E-state index < -0.39 is 0 Å². The third-order valence-electron chi connectivity index (χ3n) is 2.76. The summed E-state index contributed by atoms with van der Waals surface area (Å²) in [6, 6.07) is 3.09. The maximum Gasteiger partial charge on any atom is 0.242 e. The molecular weight excluding hydrogens is 288 g/mol. The van der Waals surface area contributed by atoms with Crippen molar-refractivity contribution >= 4 is 35.0 Å². The molecule has 0 saturated carbocycles. The molecule has 0 aromatic heterocycles. The Balaban J connectivity index is 2.18. The predicted octanol–water partition coefficient (Wildman–Crippen LogP) is 1.96. The average Bonchev–Trinajstić information content (AvgIpc) is 2.93. The zero-order valence-corrected chi connectivity index (χ0v) is 12.2. The first kappa shape index (κ1) is 14.3. The Kier molecular flexibility index (Phi) is 4.79. The lowest BCUT2D eigenvalue weighted by molar-refractivity contribution is -0.117. The van der Waals surface area contributed by atoms with E-state index in [0.29, 0.717) is 22.2 Å². The number of carbonyl (C=O) groups excluding carboxylic acids is 1. The van der Waals surface area contributed by atoms with Crippen LogP contribution in [0.3, 0.4) is 0 Å². The monoisotopic (exact) mass is 302 g/mol. The maximum atomic E-state index is 12.0. The second kappa shape index (κ2) is 6.36. The van der Waals surface area contributed by atoms with Crippen LogP contribution in [0.25, 0.3) is 0 Å². The molecule has 0 bridgehead atoms. The van der Waals surface area contributed by atoms with Crippen molar-refractivity contribution in [3.8, 4) is 11.5 Å². The summed E-state index contributed by atoms with van der Waals surface area (Å²) in [6.45, 7) is 0. The molecule has 0 aliphatic carbocycles. The minimum Gasteiger partial charge on any atom is -0.495 e. The number of ether oxygens (including phenoxy) is 2. The lowest BCUT2D eigenvalue weighted by atomic mass is 10.2. The number of thioether (sulfide) groups is 1. The Morgan fingerprint density at radius 1 is 1.42 bits per heavy atom. The van der Waals surface area contributed by atoms with Crippen molar-refractivity contribution in [2.45, 2.75) is 6.04 Å². The molecule has 104 valence electrons. The van der Waals surface area contributed by atoms with Crippen molar-refractivity contribution in [1.82, 2.24) is 5.32 Å².